The maximum Gasteiger partial charge on any atom is 0.0732 e. The quantitative estimate of drug-likeness (QED) is 0.768. The largest absolute Gasteiger partial charge is 0.381 e. The van der Waals surface area contributed by atoms with E-state index in [-0.39, 0.29) is 0 Å². The first-order valence-electron chi connectivity index (χ1n) is 3.75. The molecule has 2 nitrogen and oxygen atoms in total. The number of fused-ring (bicyclic) bond motifs is 1. The van der Waals surface area contributed by atoms with Crippen LogP contribution in [0.4, 0.5) is 11.4 Å². The lowest BCUT2D eigenvalue weighted by Gasteiger charge is -2.22. The maximum absolute atomic E-state index is 3.49. The zero-order valence-electron chi connectivity index (χ0n) is 6.32. The van der Waals surface area contributed by atoms with Gasteiger partial charge in [0.15, 0.2) is 0 Å². The van der Waals surface area contributed by atoms with Crippen molar-refractivity contribution < 1.29 is 0 Å². The van der Waals surface area contributed by atoms with Crippen molar-refractivity contribution in [3.05, 3.63) is 21.1 Å². The summed E-state index contributed by atoms with van der Waals surface area (Å²) in [5.41, 5.74) is 2.30. The Bertz CT molecular complexity index is 281. The van der Waals surface area contributed by atoms with Gasteiger partial charge in [-0.15, -0.1) is 0 Å². The molecule has 0 fully saturated rings. The third-order valence-electron chi connectivity index (χ3n) is 1.83. The molecule has 12 heavy (non-hydrogen) atoms. The molecule has 1 aliphatic rings. The van der Waals surface area contributed by atoms with Gasteiger partial charge >= 0.3 is 0 Å². The Morgan fingerprint density at radius 3 is 1.75 bits per heavy atom. The second-order valence-corrected chi connectivity index (χ2v) is 4.34. The molecule has 0 aromatic heterocycles. The molecule has 1 aromatic rings. The molecule has 4 heteroatoms. The summed E-state index contributed by atoms with van der Waals surface area (Å²) in [6.07, 6.45) is 0. The summed E-state index contributed by atoms with van der Waals surface area (Å²) >= 11 is 6.99. The van der Waals surface area contributed by atoms with E-state index in [0.29, 0.717) is 0 Å². The Hall–Kier alpha value is -0.220. The van der Waals surface area contributed by atoms with Gasteiger partial charge in [0.1, 0.15) is 0 Å². The molecule has 0 atom stereocenters. The zero-order chi connectivity index (χ0) is 8.55. The lowest BCUT2D eigenvalue weighted by atomic mass is 10.2. The van der Waals surface area contributed by atoms with Crippen molar-refractivity contribution in [1.29, 1.82) is 0 Å². The fourth-order valence-electron chi connectivity index (χ4n) is 1.27. The lowest BCUT2D eigenvalue weighted by Crippen LogP contribution is -2.21. The van der Waals surface area contributed by atoms with Crippen molar-refractivity contribution in [2.24, 2.45) is 0 Å². The minimum atomic E-state index is 0.974. The predicted octanol–water partition coefficient (Wildman–Crippen LogP) is 3.05. The van der Waals surface area contributed by atoms with Crippen LogP contribution in [0.3, 0.4) is 0 Å². The highest BCUT2D eigenvalue weighted by Gasteiger charge is 2.13. The zero-order valence-corrected chi connectivity index (χ0v) is 9.50. The molecule has 0 saturated heterocycles. The molecule has 0 aliphatic carbocycles. The van der Waals surface area contributed by atoms with E-state index >= 15 is 0 Å². The van der Waals surface area contributed by atoms with Crippen molar-refractivity contribution in [1.82, 2.24) is 0 Å². The fourth-order valence-corrected chi connectivity index (χ4v) is 2.21. The number of hydrogen-bond donors (Lipinski definition) is 2. The van der Waals surface area contributed by atoms with Crippen LogP contribution in [-0.2, 0) is 0 Å². The van der Waals surface area contributed by atoms with E-state index in [9.17, 15) is 0 Å². The van der Waals surface area contributed by atoms with Crippen LogP contribution in [0.15, 0.2) is 21.1 Å². The van der Waals surface area contributed by atoms with Gasteiger partial charge in [0.05, 0.1) is 11.4 Å². The molecule has 2 rings (SSSR count). The third kappa shape index (κ3) is 1.33. The summed E-state index contributed by atoms with van der Waals surface area (Å²) in [6.45, 7) is 1.95. The minimum Gasteiger partial charge on any atom is -0.381 e. The molecule has 0 unspecified atom stereocenters. The van der Waals surface area contributed by atoms with Gasteiger partial charge in [-0.25, -0.2) is 0 Å². The first-order valence-corrected chi connectivity index (χ1v) is 5.33. The van der Waals surface area contributed by atoms with Gasteiger partial charge in [-0.2, -0.15) is 0 Å². The van der Waals surface area contributed by atoms with Gasteiger partial charge in [0, 0.05) is 22.0 Å². The summed E-state index contributed by atoms with van der Waals surface area (Å²) in [6, 6.07) is 4.06. The van der Waals surface area contributed by atoms with Gasteiger partial charge in [0.25, 0.3) is 0 Å². The Morgan fingerprint density at radius 1 is 0.917 bits per heavy atom. The molecular formula is C8H8Br2N2. The van der Waals surface area contributed by atoms with Crippen molar-refractivity contribution >= 4 is 43.2 Å². The highest BCUT2D eigenvalue weighted by molar-refractivity contribution is 9.11. The second-order valence-electron chi connectivity index (χ2n) is 2.63. The average molecular weight is 292 g/mol. The number of nitrogens with one attached hydrogen (secondary N) is 2. The van der Waals surface area contributed by atoms with Gasteiger partial charge in [-0.3, -0.25) is 0 Å². The van der Waals surface area contributed by atoms with Crippen LogP contribution in [0.25, 0.3) is 0 Å². The number of halogens is 2. The van der Waals surface area contributed by atoms with E-state index in [0.717, 1.165) is 33.4 Å². The topological polar surface area (TPSA) is 24.1 Å². The minimum absolute atomic E-state index is 0.974. The standard InChI is InChI=1S/C8H8Br2N2/c9-5-1-2-6(10)8-7(5)11-3-4-12-8/h1-2,11-12H,3-4H2. The molecule has 0 spiro atoms. The fraction of sp³-hybridized carbons (Fsp3) is 0.250. The van der Waals surface area contributed by atoms with E-state index in [1.165, 1.54) is 0 Å². The third-order valence-corrected chi connectivity index (χ3v) is 3.15. The number of benzene rings is 1. The molecular weight excluding hydrogens is 284 g/mol. The molecule has 64 valence electrons. The highest BCUT2D eigenvalue weighted by Crippen LogP contribution is 2.37. The van der Waals surface area contributed by atoms with E-state index in [1.54, 1.807) is 0 Å². The summed E-state index contributed by atoms with van der Waals surface area (Å²) in [7, 11) is 0. The van der Waals surface area contributed by atoms with Gasteiger partial charge in [0.2, 0.25) is 0 Å². The van der Waals surface area contributed by atoms with Crippen LogP contribution in [-0.4, -0.2) is 13.1 Å². The molecule has 1 aliphatic heterocycles. The highest BCUT2D eigenvalue weighted by atomic mass is 79.9. The van der Waals surface area contributed by atoms with E-state index in [2.05, 4.69) is 42.5 Å². The SMILES string of the molecule is Brc1ccc(Br)c2c1NCCN2. The van der Waals surface area contributed by atoms with Crippen LogP contribution in [0.1, 0.15) is 0 Å². The molecule has 1 aromatic carbocycles. The Kier molecular flexibility index (Phi) is 2.28. The van der Waals surface area contributed by atoms with E-state index in [4.69, 9.17) is 0 Å². The Labute approximate surface area is 88.0 Å². The van der Waals surface area contributed by atoms with Crippen LogP contribution >= 0.6 is 31.9 Å². The summed E-state index contributed by atoms with van der Waals surface area (Å²) in [5, 5.41) is 6.66. The van der Waals surface area contributed by atoms with Crippen LogP contribution in [0.2, 0.25) is 0 Å². The molecule has 2 N–H and O–H groups in total. The van der Waals surface area contributed by atoms with E-state index < -0.39 is 0 Å². The van der Waals surface area contributed by atoms with Crippen molar-refractivity contribution in [3.63, 3.8) is 0 Å². The molecule has 1 heterocycles. The summed E-state index contributed by atoms with van der Waals surface area (Å²) < 4.78 is 2.21. The van der Waals surface area contributed by atoms with Crippen LogP contribution < -0.4 is 10.6 Å². The normalized spacial score (nSPS) is 14.5. The molecule has 0 saturated carbocycles. The van der Waals surface area contributed by atoms with E-state index in [1.807, 2.05) is 12.1 Å². The number of hydrogen-bond acceptors (Lipinski definition) is 2. The molecule has 0 amide bonds. The van der Waals surface area contributed by atoms with Gasteiger partial charge in [-0.05, 0) is 44.0 Å². The first kappa shape index (κ1) is 8.38. The Morgan fingerprint density at radius 2 is 1.33 bits per heavy atom. The van der Waals surface area contributed by atoms with Gasteiger partial charge < -0.3 is 10.6 Å². The maximum atomic E-state index is 3.49. The lowest BCUT2D eigenvalue weighted by molar-refractivity contribution is 1.04. The van der Waals surface area contributed by atoms with Crippen molar-refractivity contribution in [2.75, 3.05) is 23.7 Å². The number of anilines is 2. The predicted molar refractivity (Wildman–Crippen MR) is 58.8 cm³/mol. The smallest absolute Gasteiger partial charge is 0.0732 e. The summed E-state index contributed by atoms with van der Waals surface area (Å²) in [4.78, 5) is 0. The second kappa shape index (κ2) is 3.26. The van der Waals surface area contributed by atoms with Crippen molar-refractivity contribution in [3.8, 4) is 0 Å². The number of rotatable bonds is 0. The van der Waals surface area contributed by atoms with Crippen molar-refractivity contribution in [2.45, 2.75) is 0 Å². The summed E-state index contributed by atoms with van der Waals surface area (Å²) in [5.74, 6) is 0. The monoisotopic (exact) mass is 290 g/mol. The molecule has 0 radical (unpaired) electrons. The van der Waals surface area contributed by atoms with Crippen LogP contribution in [0, 0.1) is 0 Å². The Balaban J connectivity index is 2.57. The molecule has 0 bridgehead atoms. The first-order chi connectivity index (χ1) is 5.79. The van der Waals surface area contributed by atoms with Gasteiger partial charge in [-0.1, -0.05) is 0 Å². The van der Waals surface area contributed by atoms with Crippen LogP contribution in [0.5, 0.6) is 0 Å². The average Bonchev–Trinajstić information content (AvgIpc) is 2.12.